The summed E-state index contributed by atoms with van der Waals surface area (Å²) in [6.07, 6.45) is 0.451. The Hall–Kier alpha value is -3.15. The van der Waals surface area contributed by atoms with Gasteiger partial charge in [0.05, 0.1) is 0 Å². The van der Waals surface area contributed by atoms with Crippen LogP contribution in [0.25, 0.3) is 0 Å². The predicted octanol–water partition coefficient (Wildman–Crippen LogP) is 2.33. The highest BCUT2D eigenvalue weighted by Crippen LogP contribution is 2.13. The molecule has 0 aliphatic heterocycles. The van der Waals surface area contributed by atoms with Crippen LogP contribution in [0, 0.1) is 0 Å². The molecular formula is C20H22N2O4. The summed E-state index contributed by atoms with van der Waals surface area (Å²) in [4.78, 5) is 34.9. The van der Waals surface area contributed by atoms with Crippen LogP contribution in [0.5, 0.6) is 5.75 Å². The van der Waals surface area contributed by atoms with Gasteiger partial charge in [-0.1, -0.05) is 19.1 Å². The Bertz CT molecular complexity index is 702. The monoisotopic (exact) mass is 354 g/mol. The number of hydrogen-bond donors (Lipinski definition) is 2. The average Bonchev–Trinajstić information content (AvgIpc) is 2.70. The van der Waals surface area contributed by atoms with Crippen LogP contribution in [0.1, 0.15) is 39.6 Å². The van der Waals surface area contributed by atoms with E-state index in [1.807, 2.05) is 6.92 Å². The lowest BCUT2D eigenvalue weighted by atomic mass is 10.1. The number of carbonyl (C=O) groups excluding carboxylic acids is 3. The first-order chi connectivity index (χ1) is 12.5. The number of ether oxygens (including phenoxy) is 1. The van der Waals surface area contributed by atoms with Crippen LogP contribution in [0.2, 0.25) is 0 Å². The van der Waals surface area contributed by atoms with Gasteiger partial charge in [-0.25, -0.2) is 0 Å². The second-order valence-corrected chi connectivity index (χ2v) is 5.64. The van der Waals surface area contributed by atoms with Gasteiger partial charge in [-0.15, -0.1) is 0 Å². The molecule has 6 nitrogen and oxygen atoms in total. The van der Waals surface area contributed by atoms with Crippen LogP contribution in [0.3, 0.4) is 0 Å². The lowest BCUT2D eigenvalue weighted by molar-refractivity contribution is -0.123. The molecule has 0 saturated carbocycles. The molecule has 0 aromatic heterocycles. The summed E-state index contributed by atoms with van der Waals surface area (Å²) in [6, 6.07) is 13.7. The van der Waals surface area contributed by atoms with E-state index in [9.17, 15) is 14.4 Å². The van der Waals surface area contributed by atoms with Gasteiger partial charge in [0.1, 0.15) is 5.75 Å². The number of carbonyl (C=O) groups is 3. The van der Waals surface area contributed by atoms with Crippen molar-refractivity contribution in [1.82, 2.24) is 10.6 Å². The molecule has 0 fully saturated rings. The highest BCUT2D eigenvalue weighted by Gasteiger charge is 2.06. The first kappa shape index (κ1) is 19.2. The lowest BCUT2D eigenvalue weighted by Gasteiger charge is -2.08. The number of Topliss-reactive ketones (excluding diaryl/α,β-unsaturated/α-hetero) is 1. The molecule has 2 aromatic rings. The summed E-state index contributed by atoms with van der Waals surface area (Å²) >= 11 is 0. The molecule has 136 valence electrons. The van der Waals surface area contributed by atoms with Gasteiger partial charge < -0.3 is 15.4 Å². The summed E-state index contributed by atoms with van der Waals surface area (Å²) in [5.41, 5.74) is 2.08. The lowest BCUT2D eigenvalue weighted by Crippen LogP contribution is -2.28. The molecule has 0 heterocycles. The van der Waals surface area contributed by atoms with Gasteiger partial charge in [-0.3, -0.25) is 14.4 Å². The van der Waals surface area contributed by atoms with Gasteiger partial charge in [0.25, 0.3) is 11.8 Å². The molecule has 0 bridgehead atoms. The van der Waals surface area contributed by atoms with Gasteiger partial charge >= 0.3 is 0 Å². The molecule has 0 radical (unpaired) electrons. The summed E-state index contributed by atoms with van der Waals surface area (Å²) in [5.74, 6) is 0.189. The van der Waals surface area contributed by atoms with Crippen LogP contribution in [-0.2, 0) is 11.3 Å². The van der Waals surface area contributed by atoms with Crippen molar-refractivity contribution in [3.8, 4) is 5.75 Å². The number of nitrogens with one attached hydrogen (secondary N) is 2. The molecule has 0 unspecified atom stereocenters. The van der Waals surface area contributed by atoms with E-state index < -0.39 is 0 Å². The molecule has 2 N–H and O–H groups in total. The van der Waals surface area contributed by atoms with Crippen LogP contribution in [0.4, 0.5) is 0 Å². The van der Waals surface area contributed by atoms with Crippen molar-refractivity contribution in [2.24, 2.45) is 0 Å². The highest BCUT2D eigenvalue weighted by atomic mass is 16.5. The Morgan fingerprint density at radius 2 is 1.54 bits per heavy atom. The average molecular weight is 354 g/mol. The molecule has 0 atom stereocenters. The van der Waals surface area contributed by atoms with Crippen molar-refractivity contribution in [3.05, 3.63) is 65.2 Å². The zero-order chi connectivity index (χ0) is 18.9. The third kappa shape index (κ3) is 5.44. The molecule has 0 spiro atoms. The Kier molecular flexibility index (Phi) is 6.91. The van der Waals surface area contributed by atoms with Crippen molar-refractivity contribution < 1.29 is 19.1 Å². The minimum absolute atomic E-state index is 0.0664. The zero-order valence-electron chi connectivity index (χ0n) is 14.9. The summed E-state index contributed by atoms with van der Waals surface area (Å²) < 4.78 is 5.41. The summed E-state index contributed by atoms with van der Waals surface area (Å²) in [5, 5.41) is 5.30. The van der Waals surface area contributed by atoms with E-state index in [0.717, 1.165) is 5.56 Å². The SMILES string of the molecule is CCC(=O)c1ccc(OCC(=O)NCc2ccc(C(=O)NC)cc2)cc1. The molecule has 0 aliphatic rings. The Morgan fingerprint density at radius 1 is 0.923 bits per heavy atom. The number of benzene rings is 2. The number of ketones is 1. The predicted molar refractivity (Wildman–Crippen MR) is 98.2 cm³/mol. The minimum atomic E-state index is -0.255. The van der Waals surface area contributed by atoms with Gasteiger partial charge in [-0.2, -0.15) is 0 Å². The molecular weight excluding hydrogens is 332 g/mol. The van der Waals surface area contributed by atoms with E-state index in [-0.39, 0.29) is 24.2 Å². The number of amides is 2. The van der Waals surface area contributed by atoms with Crippen molar-refractivity contribution in [2.45, 2.75) is 19.9 Å². The van der Waals surface area contributed by atoms with E-state index in [4.69, 9.17) is 4.74 Å². The normalized spacial score (nSPS) is 10.1. The molecule has 2 aromatic carbocycles. The van der Waals surface area contributed by atoms with E-state index in [2.05, 4.69) is 10.6 Å². The largest absolute Gasteiger partial charge is 0.484 e. The second kappa shape index (κ2) is 9.36. The molecule has 26 heavy (non-hydrogen) atoms. The van der Waals surface area contributed by atoms with E-state index in [0.29, 0.717) is 29.8 Å². The first-order valence-electron chi connectivity index (χ1n) is 8.37. The van der Waals surface area contributed by atoms with Crippen LogP contribution >= 0.6 is 0 Å². The quantitative estimate of drug-likeness (QED) is 0.713. The minimum Gasteiger partial charge on any atom is -0.484 e. The smallest absolute Gasteiger partial charge is 0.258 e. The summed E-state index contributed by atoms with van der Waals surface area (Å²) in [6.45, 7) is 2.04. The maximum absolute atomic E-state index is 11.9. The molecule has 2 amide bonds. The topological polar surface area (TPSA) is 84.5 Å². The second-order valence-electron chi connectivity index (χ2n) is 5.64. The third-order valence-electron chi connectivity index (χ3n) is 3.80. The van der Waals surface area contributed by atoms with E-state index >= 15 is 0 Å². The maximum atomic E-state index is 11.9. The van der Waals surface area contributed by atoms with Gasteiger partial charge in [0, 0.05) is 31.1 Å². The van der Waals surface area contributed by atoms with Crippen LogP contribution < -0.4 is 15.4 Å². The fourth-order valence-corrected chi connectivity index (χ4v) is 2.26. The number of hydrogen-bond acceptors (Lipinski definition) is 4. The Balaban J connectivity index is 1.78. The number of rotatable bonds is 8. The van der Waals surface area contributed by atoms with Crippen molar-refractivity contribution in [3.63, 3.8) is 0 Å². The van der Waals surface area contributed by atoms with E-state index in [1.54, 1.807) is 55.6 Å². The molecule has 6 heteroatoms. The fraction of sp³-hybridized carbons (Fsp3) is 0.250. The zero-order valence-corrected chi connectivity index (χ0v) is 14.9. The standard InChI is InChI=1S/C20H22N2O4/c1-3-18(23)15-8-10-17(11-9-15)26-13-19(24)22-12-14-4-6-16(7-5-14)20(25)21-2/h4-11H,3,12-13H2,1-2H3,(H,21,25)(H,22,24). The van der Waals surface area contributed by atoms with Crippen molar-refractivity contribution in [1.29, 1.82) is 0 Å². The Labute approximate surface area is 152 Å². The van der Waals surface area contributed by atoms with Crippen molar-refractivity contribution in [2.75, 3.05) is 13.7 Å². The Morgan fingerprint density at radius 3 is 2.12 bits per heavy atom. The maximum Gasteiger partial charge on any atom is 0.258 e. The van der Waals surface area contributed by atoms with Gasteiger partial charge in [0.15, 0.2) is 12.4 Å². The van der Waals surface area contributed by atoms with Crippen molar-refractivity contribution >= 4 is 17.6 Å². The third-order valence-corrected chi connectivity index (χ3v) is 3.80. The molecule has 2 rings (SSSR count). The van der Waals surface area contributed by atoms with Crippen LogP contribution in [-0.4, -0.2) is 31.3 Å². The summed E-state index contributed by atoms with van der Waals surface area (Å²) in [7, 11) is 1.58. The first-order valence-corrected chi connectivity index (χ1v) is 8.37. The fourth-order valence-electron chi connectivity index (χ4n) is 2.26. The van der Waals surface area contributed by atoms with Crippen LogP contribution in [0.15, 0.2) is 48.5 Å². The van der Waals surface area contributed by atoms with E-state index in [1.165, 1.54) is 0 Å². The molecule has 0 saturated heterocycles. The van der Waals surface area contributed by atoms with Gasteiger partial charge in [0.2, 0.25) is 0 Å². The molecule has 0 aliphatic carbocycles. The van der Waals surface area contributed by atoms with Gasteiger partial charge in [-0.05, 0) is 42.0 Å². The highest BCUT2D eigenvalue weighted by molar-refractivity contribution is 5.96.